The first kappa shape index (κ1) is 13.2. The first-order valence-electron chi connectivity index (χ1n) is 5.37. The van der Waals surface area contributed by atoms with Gasteiger partial charge in [-0.1, -0.05) is 33.3 Å². The van der Waals surface area contributed by atoms with Crippen LogP contribution in [0, 0.1) is 11.8 Å². The van der Waals surface area contributed by atoms with Crippen molar-refractivity contribution in [1.29, 1.82) is 0 Å². The van der Waals surface area contributed by atoms with Crippen LogP contribution in [0.3, 0.4) is 0 Å². The van der Waals surface area contributed by atoms with E-state index in [9.17, 15) is 4.79 Å². The van der Waals surface area contributed by atoms with E-state index in [4.69, 9.17) is 5.11 Å². The predicted octanol–water partition coefficient (Wildman–Crippen LogP) is 3.48. The maximum atomic E-state index is 10.6. The third-order valence-electron chi connectivity index (χ3n) is 2.48. The number of hydrogen-bond acceptors (Lipinski definition) is 1. The van der Waals surface area contributed by atoms with E-state index in [1.54, 1.807) is 6.92 Å². The Balaban J connectivity index is 4.06. The molecule has 0 aromatic carbocycles. The fourth-order valence-electron chi connectivity index (χ4n) is 1.53. The molecule has 0 aliphatic heterocycles. The van der Waals surface area contributed by atoms with Gasteiger partial charge in [-0.15, -0.1) is 0 Å². The van der Waals surface area contributed by atoms with Gasteiger partial charge in [0.25, 0.3) is 0 Å². The average Bonchev–Trinajstić information content (AvgIpc) is 2.10. The van der Waals surface area contributed by atoms with Crippen molar-refractivity contribution in [3.63, 3.8) is 0 Å². The average molecular weight is 198 g/mol. The summed E-state index contributed by atoms with van der Waals surface area (Å²) >= 11 is 0. The van der Waals surface area contributed by atoms with Gasteiger partial charge in [0, 0.05) is 5.57 Å². The summed E-state index contributed by atoms with van der Waals surface area (Å²) in [6, 6.07) is 0. The molecule has 82 valence electrons. The Bertz CT molecular complexity index is 204. The first-order valence-corrected chi connectivity index (χ1v) is 5.37. The summed E-state index contributed by atoms with van der Waals surface area (Å²) < 4.78 is 0. The predicted molar refractivity (Wildman–Crippen MR) is 59.2 cm³/mol. The van der Waals surface area contributed by atoms with Crippen LogP contribution < -0.4 is 0 Å². The molecule has 0 aliphatic rings. The summed E-state index contributed by atoms with van der Waals surface area (Å²) in [4.78, 5) is 10.6. The van der Waals surface area contributed by atoms with Crippen molar-refractivity contribution >= 4 is 5.97 Å². The fourth-order valence-corrected chi connectivity index (χ4v) is 1.53. The number of allylic oxidation sites excluding steroid dienone is 1. The highest BCUT2D eigenvalue weighted by Crippen LogP contribution is 2.19. The van der Waals surface area contributed by atoms with Crippen LogP contribution >= 0.6 is 0 Å². The topological polar surface area (TPSA) is 37.3 Å². The van der Waals surface area contributed by atoms with Crippen LogP contribution in [0.4, 0.5) is 0 Å². The van der Waals surface area contributed by atoms with Crippen LogP contribution in [0.25, 0.3) is 0 Å². The molecule has 0 heterocycles. The second-order valence-electron chi connectivity index (χ2n) is 4.33. The van der Waals surface area contributed by atoms with Gasteiger partial charge in [0.2, 0.25) is 0 Å². The summed E-state index contributed by atoms with van der Waals surface area (Å²) in [7, 11) is 0. The van der Waals surface area contributed by atoms with E-state index < -0.39 is 5.97 Å². The van der Waals surface area contributed by atoms with Crippen molar-refractivity contribution in [2.45, 2.75) is 47.0 Å². The second-order valence-corrected chi connectivity index (χ2v) is 4.33. The third kappa shape index (κ3) is 5.79. The monoisotopic (exact) mass is 198 g/mol. The summed E-state index contributed by atoms with van der Waals surface area (Å²) in [6.07, 6.45) is 5.05. The van der Waals surface area contributed by atoms with Crippen LogP contribution in [-0.2, 0) is 4.79 Å². The van der Waals surface area contributed by atoms with E-state index in [-0.39, 0.29) is 0 Å². The minimum atomic E-state index is -0.801. The zero-order valence-corrected chi connectivity index (χ0v) is 9.71. The highest BCUT2D eigenvalue weighted by molar-refractivity contribution is 5.85. The largest absolute Gasteiger partial charge is 0.478 e. The van der Waals surface area contributed by atoms with Crippen LogP contribution in [0.5, 0.6) is 0 Å². The number of aliphatic carboxylic acids is 1. The van der Waals surface area contributed by atoms with Gasteiger partial charge in [-0.05, 0) is 31.6 Å². The number of rotatable bonds is 6. The van der Waals surface area contributed by atoms with Crippen LogP contribution in [-0.4, -0.2) is 11.1 Å². The van der Waals surface area contributed by atoms with E-state index in [2.05, 4.69) is 20.8 Å². The number of hydrogen-bond donors (Lipinski definition) is 1. The van der Waals surface area contributed by atoms with Crippen molar-refractivity contribution in [3.05, 3.63) is 11.6 Å². The van der Waals surface area contributed by atoms with Gasteiger partial charge >= 0.3 is 5.97 Å². The standard InChI is InChI=1S/C12H22O2/c1-5-11(8-9(2)3)7-6-10(4)12(13)14/h6,9,11H,5,7-8H2,1-4H3,(H,13,14). The van der Waals surface area contributed by atoms with E-state index in [0.717, 1.165) is 12.8 Å². The van der Waals surface area contributed by atoms with Gasteiger partial charge in [-0.2, -0.15) is 0 Å². The number of carbonyl (C=O) groups is 1. The summed E-state index contributed by atoms with van der Waals surface area (Å²) in [5, 5.41) is 8.68. The first-order chi connectivity index (χ1) is 6.47. The molecule has 0 spiro atoms. The van der Waals surface area contributed by atoms with E-state index in [1.807, 2.05) is 6.08 Å². The van der Waals surface area contributed by atoms with Crippen molar-refractivity contribution in [3.8, 4) is 0 Å². The Morgan fingerprint density at radius 2 is 2.00 bits per heavy atom. The molecule has 0 saturated carbocycles. The molecule has 1 unspecified atom stereocenters. The summed E-state index contributed by atoms with van der Waals surface area (Å²) in [5.41, 5.74) is 0.465. The molecule has 0 aromatic heterocycles. The SMILES string of the molecule is CCC(CC=C(C)C(=O)O)CC(C)C. The van der Waals surface area contributed by atoms with Crippen molar-refractivity contribution in [1.82, 2.24) is 0 Å². The van der Waals surface area contributed by atoms with E-state index >= 15 is 0 Å². The zero-order chi connectivity index (χ0) is 11.1. The number of carboxylic acids is 1. The normalized spacial score (nSPS) is 14.5. The molecule has 1 N–H and O–H groups in total. The second kappa shape index (κ2) is 6.63. The van der Waals surface area contributed by atoms with Gasteiger partial charge in [-0.25, -0.2) is 4.79 Å². The zero-order valence-electron chi connectivity index (χ0n) is 9.71. The highest BCUT2D eigenvalue weighted by atomic mass is 16.4. The molecule has 0 fully saturated rings. The van der Waals surface area contributed by atoms with Crippen LogP contribution in [0.2, 0.25) is 0 Å². The fraction of sp³-hybridized carbons (Fsp3) is 0.750. The molecule has 0 rings (SSSR count). The van der Waals surface area contributed by atoms with Crippen LogP contribution in [0.1, 0.15) is 47.0 Å². The van der Waals surface area contributed by atoms with Gasteiger partial charge in [-0.3, -0.25) is 0 Å². The number of carboxylic acid groups (broad SMARTS) is 1. The molecule has 0 amide bonds. The summed E-state index contributed by atoms with van der Waals surface area (Å²) in [6.45, 7) is 8.23. The molecule has 0 bridgehead atoms. The van der Waals surface area contributed by atoms with Gasteiger partial charge in [0.1, 0.15) is 0 Å². The molecule has 0 radical (unpaired) electrons. The van der Waals surface area contributed by atoms with Gasteiger partial charge < -0.3 is 5.11 Å². The molecule has 0 aliphatic carbocycles. The maximum Gasteiger partial charge on any atom is 0.330 e. The lowest BCUT2D eigenvalue weighted by atomic mass is 9.91. The van der Waals surface area contributed by atoms with E-state index in [1.165, 1.54) is 6.42 Å². The smallest absolute Gasteiger partial charge is 0.330 e. The minimum Gasteiger partial charge on any atom is -0.478 e. The molecule has 2 nitrogen and oxygen atoms in total. The highest BCUT2D eigenvalue weighted by Gasteiger charge is 2.08. The molecule has 0 saturated heterocycles. The molecule has 14 heavy (non-hydrogen) atoms. The van der Waals surface area contributed by atoms with E-state index in [0.29, 0.717) is 17.4 Å². The maximum absolute atomic E-state index is 10.6. The Morgan fingerprint density at radius 1 is 1.43 bits per heavy atom. The lowest BCUT2D eigenvalue weighted by Gasteiger charge is -2.15. The van der Waals surface area contributed by atoms with Gasteiger partial charge in [0.05, 0.1) is 0 Å². The van der Waals surface area contributed by atoms with Crippen LogP contribution in [0.15, 0.2) is 11.6 Å². The summed E-state index contributed by atoms with van der Waals surface area (Å²) in [5.74, 6) is 0.521. The Hall–Kier alpha value is -0.790. The lowest BCUT2D eigenvalue weighted by Crippen LogP contribution is -2.04. The molecular weight excluding hydrogens is 176 g/mol. The van der Waals surface area contributed by atoms with Gasteiger partial charge in [0.15, 0.2) is 0 Å². The van der Waals surface area contributed by atoms with Crippen molar-refractivity contribution in [2.24, 2.45) is 11.8 Å². The Morgan fingerprint density at radius 3 is 2.36 bits per heavy atom. The lowest BCUT2D eigenvalue weighted by molar-refractivity contribution is -0.132. The minimum absolute atomic E-state index is 0.465. The molecular formula is C12H22O2. The molecule has 1 atom stereocenters. The Labute approximate surface area is 87.0 Å². The van der Waals surface area contributed by atoms with Crippen molar-refractivity contribution < 1.29 is 9.90 Å². The quantitative estimate of drug-likeness (QED) is 0.663. The van der Waals surface area contributed by atoms with Crippen molar-refractivity contribution in [2.75, 3.05) is 0 Å². The molecule has 0 aromatic rings. The Kier molecular flexibility index (Phi) is 6.26. The third-order valence-corrected chi connectivity index (χ3v) is 2.48. The molecule has 2 heteroatoms.